The first-order valence-electron chi connectivity index (χ1n) is 3.82. The van der Waals surface area contributed by atoms with Crippen molar-refractivity contribution in [2.45, 2.75) is 6.10 Å². The number of hydrogen-bond donors (Lipinski definition) is 4. The number of anilines is 2. The van der Waals surface area contributed by atoms with E-state index in [2.05, 4.69) is 15.3 Å². The lowest BCUT2D eigenvalue weighted by Crippen LogP contribution is -2.23. The van der Waals surface area contributed by atoms with Crippen molar-refractivity contribution in [3.63, 3.8) is 0 Å². The topological polar surface area (TPSA) is 104 Å². The number of rotatable bonds is 4. The summed E-state index contributed by atoms with van der Waals surface area (Å²) in [6.07, 6.45) is 0.527. The molecule has 6 heteroatoms. The van der Waals surface area contributed by atoms with Crippen molar-refractivity contribution in [1.82, 2.24) is 9.97 Å². The van der Waals surface area contributed by atoms with Gasteiger partial charge in [-0.25, -0.2) is 9.97 Å². The fraction of sp³-hybridized carbons (Fsp3) is 0.429. The minimum Gasteiger partial charge on any atom is -0.394 e. The van der Waals surface area contributed by atoms with E-state index in [0.29, 0.717) is 11.6 Å². The molecule has 0 aliphatic carbocycles. The molecule has 1 aromatic rings. The van der Waals surface area contributed by atoms with Crippen LogP contribution in [0.1, 0.15) is 0 Å². The van der Waals surface area contributed by atoms with Crippen LogP contribution in [0.15, 0.2) is 12.4 Å². The average Bonchev–Trinajstić information content (AvgIpc) is 2.14. The Morgan fingerprint density at radius 3 is 2.92 bits per heavy atom. The molecule has 0 saturated carbocycles. The van der Waals surface area contributed by atoms with E-state index < -0.39 is 6.10 Å². The third kappa shape index (κ3) is 3.22. The molecule has 0 aromatic carbocycles. The lowest BCUT2D eigenvalue weighted by Gasteiger charge is -2.08. The van der Waals surface area contributed by atoms with E-state index in [1.807, 2.05) is 0 Å². The van der Waals surface area contributed by atoms with Crippen LogP contribution in [0.4, 0.5) is 11.6 Å². The first kappa shape index (κ1) is 9.69. The Kier molecular flexibility index (Phi) is 3.41. The second kappa shape index (κ2) is 4.58. The van der Waals surface area contributed by atoms with Gasteiger partial charge in [-0.1, -0.05) is 0 Å². The third-order valence-corrected chi connectivity index (χ3v) is 1.42. The lowest BCUT2D eigenvalue weighted by molar-refractivity contribution is 0.105. The van der Waals surface area contributed by atoms with Crippen LogP contribution in [-0.4, -0.2) is 39.4 Å². The number of nitrogens with two attached hydrogens (primary N) is 1. The predicted molar refractivity (Wildman–Crippen MR) is 48.0 cm³/mol. The molecule has 1 unspecified atom stereocenters. The number of aliphatic hydroxyl groups is 2. The molecule has 5 N–H and O–H groups in total. The Morgan fingerprint density at radius 2 is 2.31 bits per heavy atom. The minimum absolute atomic E-state index is 0.229. The second-order valence-electron chi connectivity index (χ2n) is 2.55. The highest BCUT2D eigenvalue weighted by molar-refractivity contribution is 5.43. The summed E-state index contributed by atoms with van der Waals surface area (Å²) >= 11 is 0. The molecule has 0 saturated heterocycles. The van der Waals surface area contributed by atoms with Crippen molar-refractivity contribution in [3.8, 4) is 0 Å². The zero-order valence-electron chi connectivity index (χ0n) is 7.01. The van der Waals surface area contributed by atoms with Gasteiger partial charge in [-0.15, -0.1) is 0 Å². The van der Waals surface area contributed by atoms with Crippen LogP contribution in [0.3, 0.4) is 0 Å². The summed E-state index contributed by atoms with van der Waals surface area (Å²) in [5, 5.41) is 20.3. The fourth-order valence-corrected chi connectivity index (χ4v) is 0.756. The van der Waals surface area contributed by atoms with Gasteiger partial charge < -0.3 is 21.3 Å². The van der Waals surface area contributed by atoms with E-state index in [0.717, 1.165) is 0 Å². The zero-order chi connectivity index (χ0) is 9.68. The monoisotopic (exact) mass is 184 g/mol. The van der Waals surface area contributed by atoms with Gasteiger partial charge in [-0.2, -0.15) is 0 Å². The van der Waals surface area contributed by atoms with Crippen LogP contribution in [0.25, 0.3) is 0 Å². The van der Waals surface area contributed by atoms with Crippen molar-refractivity contribution in [2.24, 2.45) is 0 Å². The predicted octanol–water partition coefficient (Wildman–Crippen LogP) is -1.18. The average molecular weight is 184 g/mol. The molecule has 6 nitrogen and oxygen atoms in total. The first-order chi connectivity index (χ1) is 6.22. The quantitative estimate of drug-likeness (QED) is 0.469. The smallest absolute Gasteiger partial charge is 0.131 e. The van der Waals surface area contributed by atoms with Crippen LogP contribution >= 0.6 is 0 Å². The summed E-state index contributed by atoms with van der Waals surface area (Å²) in [5.41, 5.74) is 5.39. The molecule has 0 bridgehead atoms. The zero-order valence-corrected chi connectivity index (χ0v) is 7.01. The van der Waals surface area contributed by atoms with Gasteiger partial charge in [0.25, 0.3) is 0 Å². The summed E-state index contributed by atoms with van der Waals surface area (Å²) in [6, 6.07) is 1.55. The molecule has 1 atom stereocenters. The SMILES string of the molecule is Nc1cc(NCC(O)CO)ncn1. The molecule has 0 amide bonds. The molecule has 1 aromatic heterocycles. The molecular formula is C7H12N4O2. The van der Waals surface area contributed by atoms with E-state index in [9.17, 15) is 0 Å². The van der Waals surface area contributed by atoms with Gasteiger partial charge >= 0.3 is 0 Å². The van der Waals surface area contributed by atoms with Crippen molar-refractivity contribution in [1.29, 1.82) is 0 Å². The number of nitrogens with one attached hydrogen (secondary N) is 1. The highest BCUT2D eigenvalue weighted by Gasteiger charge is 2.01. The van der Waals surface area contributed by atoms with Crippen LogP contribution in [-0.2, 0) is 0 Å². The maximum atomic E-state index is 9.00. The van der Waals surface area contributed by atoms with E-state index in [-0.39, 0.29) is 13.2 Å². The summed E-state index contributed by atoms with van der Waals surface area (Å²) < 4.78 is 0. The summed E-state index contributed by atoms with van der Waals surface area (Å²) in [4.78, 5) is 7.55. The second-order valence-corrected chi connectivity index (χ2v) is 2.55. The molecule has 0 aliphatic heterocycles. The normalized spacial score (nSPS) is 12.5. The molecule has 13 heavy (non-hydrogen) atoms. The van der Waals surface area contributed by atoms with Crippen LogP contribution in [0.5, 0.6) is 0 Å². The van der Waals surface area contributed by atoms with Crippen LogP contribution in [0.2, 0.25) is 0 Å². The molecule has 0 fully saturated rings. The van der Waals surface area contributed by atoms with E-state index in [4.69, 9.17) is 15.9 Å². The third-order valence-electron chi connectivity index (χ3n) is 1.42. The van der Waals surface area contributed by atoms with Crippen molar-refractivity contribution >= 4 is 11.6 Å². The Balaban J connectivity index is 2.45. The van der Waals surface area contributed by atoms with Gasteiger partial charge in [0.15, 0.2) is 0 Å². The fourth-order valence-electron chi connectivity index (χ4n) is 0.756. The van der Waals surface area contributed by atoms with E-state index >= 15 is 0 Å². The largest absolute Gasteiger partial charge is 0.394 e. The Morgan fingerprint density at radius 1 is 1.54 bits per heavy atom. The number of aliphatic hydroxyl groups excluding tert-OH is 2. The van der Waals surface area contributed by atoms with Gasteiger partial charge in [0.1, 0.15) is 18.0 Å². The molecule has 1 heterocycles. The molecule has 72 valence electrons. The van der Waals surface area contributed by atoms with Gasteiger partial charge in [-0.3, -0.25) is 0 Å². The molecular weight excluding hydrogens is 172 g/mol. The number of aromatic nitrogens is 2. The van der Waals surface area contributed by atoms with Crippen LogP contribution < -0.4 is 11.1 Å². The molecule has 1 rings (SSSR count). The summed E-state index contributed by atoms with van der Waals surface area (Å²) in [7, 11) is 0. The maximum absolute atomic E-state index is 9.00. The number of nitrogen functional groups attached to an aromatic ring is 1. The standard InChI is InChI=1S/C7H12N4O2/c8-6-1-7(11-4-10-6)9-2-5(13)3-12/h1,4-5,12-13H,2-3H2,(H3,8,9,10,11). The molecule has 0 spiro atoms. The summed E-state index contributed by atoms with van der Waals surface area (Å²) in [5.74, 6) is 0.885. The maximum Gasteiger partial charge on any atom is 0.131 e. The van der Waals surface area contributed by atoms with E-state index in [1.165, 1.54) is 6.33 Å². The van der Waals surface area contributed by atoms with Gasteiger partial charge in [-0.05, 0) is 0 Å². The Labute approximate surface area is 75.4 Å². The van der Waals surface area contributed by atoms with Crippen LogP contribution in [0, 0.1) is 0 Å². The van der Waals surface area contributed by atoms with Crippen molar-refractivity contribution in [2.75, 3.05) is 24.2 Å². The van der Waals surface area contributed by atoms with Crippen molar-refractivity contribution < 1.29 is 10.2 Å². The molecule has 0 radical (unpaired) electrons. The van der Waals surface area contributed by atoms with Gasteiger partial charge in [0.2, 0.25) is 0 Å². The minimum atomic E-state index is -0.795. The summed E-state index contributed by atoms with van der Waals surface area (Å²) in [6.45, 7) is -0.0550. The highest BCUT2D eigenvalue weighted by Crippen LogP contribution is 2.04. The lowest BCUT2D eigenvalue weighted by atomic mass is 10.4. The first-order valence-corrected chi connectivity index (χ1v) is 3.82. The Hall–Kier alpha value is -1.40. The molecule has 0 aliphatic rings. The van der Waals surface area contributed by atoms with Crippen molar-refractivity contribution in [3.05, 3.63) is 12.4 Å². The number of nitrogens with zero attached hydrogens (tertiary/aromatic N) is 2. The Bertz CT molecular complexity index is 268. The van der Waals surface area contributed by atoms with Gasteiger partial charge in [0, 0.05) is 12.6 Å². The highest BCUT2D eigenvalue weighted by atomic mass is 16.3. The number of hydrogen-bond acceptors (Lipinski definition) is 6. The van der Waals surface area contributed by atoms with Gasteiger partial charge in [0.05, 0.1) is 12.7 Å². The van der Waals surface area contributed by atoms with E-state index in [1.54, 1.807) is 6.07 Å².